The molecule has 4 heterocycles. The van der Waals surface area contributed by atoms with Crippen LogP contribution >= 0.6 is 11.5 Å². The average molecular weight is 374 g/mol. The smallest absolute Gasteiger partial charge is 0.238 e. The molecule has 0 saturated heterocycles. The molecule has 1 aliphatic heterocycles. The van der Waals surface area contributed by atoms with E-state index in [1.54, 1.807) is 10.9 Å². The van der Waals surface area contributed by atoms with Crippen molar-refractivity contribution < 1.29 is 5.11 Å². The summed E-state index contributed by atoms with van der Waals surface area (Å²) < 4.78 is 8.06. The number of aliphatic hydroxyl groups is 1. The highest BCUT2D eigenvalue weighted by Crippen LogP contribution is 2.27. The Bertz CT molecular complexity index is 898. The van der Waals surface area contributed by atoms with Gasteiger partial charge in [0.15, 0.2) is 0 Å². The molecule has 1 atom stereocenters. The summed E-state index contributed by atoms with van der Waals surface area (Å²) >= 11 is 1.41. The van der Waals surface area contributed by atoms with Crippen LogP contribution in [0.2, 0.25) is 0 Å². The van der Waals surface area contributed by atoms with Crippen molar-refractivity contribution in [1.29, 1.82) is 0 Å². The lowest BCUT2D eigenvalue weighted by Crippen LogP contribution is -2.22. The molecule has 0 aliphatic carbocycles. The van der Waals surface area contributed by atoms with Gasteiger partial charge in [0, 0.05) is 52.0 Å². The highest BCUT2D eigenvalue weighted by atomic mass is 32.1. The van der Waals surface area contributed by atoms with Gasteiger partial charge in [0.25, 0.3) is 0 Å². The SMILES string of the molecule is CN(C)c1nsc(N2CCCn3nc(C(O)c4ccnn4C)cc3C2)n1. The van der Waals surface area contributed by atoms with Crippen LogP contribution in [0.3, 0.4) is 0 Å². The first-order valence-electron chi connectivity index (χ1n) is 8.51. The molecule has 0 spiro atoms. The van der Waals surface area contributed by atoms with Crippen LogP contribution in [0.4, 0.5) is 11.1 Å². The molecule has 0 fully saturated rings. The highest BCUT2D eigenvalue weighted by molar-refractivity contribution is 7.09. The third kappa shape index (κ3) is 3.06. The van der Waals surface area contributed by atoms with Gasteiger partial charge in [-0.25, -0.2) is 0 Å². The average Bonchev–Trinajstić information content (AvgIpc) is 3.32. The van der Waals surface area contributed by atoms with E-state index in [1.807, 2.05) is 42.9 Å². The Kier molecular flexibility index (Phi) is 4.37. The van der Waals surface area contributed by atoms with Crippen molar-refractivity contribution in [3.8, 4) is 0 Å². The van der Waals surface area contributed by atoms with E-state index in [2.05, 4.69) is 24.5 Å². The number of rotatable bonds is 4. The van der Waals surface area contributed by atoms with E-state index in [9.17, 15) is 5.11 Å². The zero-order valence-corrected chi connectivity index (χ0v) is 15.9. The Balaban J connectivity index is 1.58. The normalized spacial score (nSPS) is 15.6. The minimum Gasteiger partial charge on any atom is -0.380 e. The molecule has 26 heavy (non-hydrogen) atoms. The summed E-state index contributed by atoms with van der Waals surface area (Å²) in [6, 6.07) is 3.79. The van der Waals surface area contributed by atoms with E-state index in [0.29, 0.717) is 12.2 Å². The quantitative estimate of drug-likeness (QED) is 0.729. The number of aromatic nitrogens is 6. The third-order valence-corrected chi connectivity index (χ3v) is 5.29. The molecular formula is C16H22N8OS. The third-order valence-electron chi connectivity index (χ3n) is 4.53. The minimum absolute atomic E-state index is 0.650. The van der Waals surface area contributed by atoms with Crippen LogP contribution in [0, 0.1) is 0 Å². The summed E-state index contributed by atoms with van der Waals surface area (Å²) in [5, 5.41) is 20.3. The number of aliphatic hydroxyl groups excluding tert-OH is 1. The molecule has 1 aliphatic rings. The van der Waals surface area contributed by atoms with Crippen molar-refractivity contribution in [2.24, 2.45) is 7.05 Å². The maximum atomic E-state index is 10.7. The molecule has 0 radical (unpaired) electrons. The maximum absolute atomic E-state index is 10.7. The van der Waals surface area contributed by atoms with Crippen LogP contribution in [0.25, 0.3) is 0 Å². The van der Waals surface area contributed by atoms with E-state index in [4.69, 9.17) is 0 Å². The van der Waals surface area contributed by atoms with Gasteiger partial charge in [0.2, 0.25) is 11.1 Å². The van der Waals surface area contributed by atoms with Gasteiger partial charge in [-0.1, -0.05) is 0 Å². The molecule has 3 aromatic heterocycles. The van der Waals surface area contributed by atoms with Gasteiger partial charge in [-0.2, -0.15) is 19.6 Å². The van der Waals surface area contributed by atoms with Crippen molar-refractivity contribution >= 4 is 22.6 Å². The van der Waals surface area contributed by atoms with Gasteiger partial charge in [0.1, 0.15) is 6.10 Å². The van der Waals surface area contributed by atoms with Gasteiger partial charge in [-0.05, 0) is 18.6 Å². The van der Waals surface area contributed by atoms with Gasteiger partial charge in [-0.15, -0.1) is 0 Å². The van der Waals surface area contributed by atoms with E-state index in [1.165, 1.54) is 11.5 Å². The lowest BCUT2D eigenvalue weighted by Gasteiger charge is -2.18. The molecule has 0 bridgehead atoms. The molecule has 1 N–H and O–H groups in total. The van der Waals surface area contributed by atoms with E-state index < -0.39 is 6.10 Å². The van der Waals surface area contributed by atoms with Crippen LogP contribution in [-0.4, -0.2) is 54.7 Å². The van der Waals surface area contributed by atoms with Crippen molar-refractivity contribution in [1.82, 2.24) is 28.9 Å². The van der Waals surface area contributed by atoms with Crippen molar-refractivity contribution in [2.75, 3.05) is 30.4 Å². The number of anilines is 2. The predicted molar refractivity (Wildman–Crippen MR) is 99.4 cm³/mol. The van der Waals surface area contributed by atoms with E-state index in [0.717, 1.165) is 42.0 Å². The first kappa shape index (κ1) is 17.0. The first-order chi connectivity index (χ1) is 12.5. The number of fused-ring (bicyclic) bond motifs is 1. The lowest BCUT2D eigenvalue weighted by molar-refractivity contribution is 0.203. The van der Waals surface area contributed by atoms with Crippen LogP contribution < -0.4 is 9.80 Å². The standard InChI is InChI=1S/C16H22N8OS/c1-21(2)15-18-16(26-20-15)23-7-4-8-24-11(10-23)9-12(19-24)14(25)13-5-6-17-22(13)3/h5-6,9,14,25H,4,7-8,10H2,1-3H3. The summed E-state index contributed by atoms with van der Waals surface area (Å²) in [6.45, 7) is 2.43. The van der Waals surface area contributed by atoms with Crippen LogP contribution in [-0.2, 0) is 20.1 Å². The largest absolute Gasteiger partial charge is 0.380 e. The Morgan fingerprint density at radius 1 is 1.31 bits per heavy atom. The fourth-order valence-corrected chi connectivity index (χ4v) is 3.86. The molecular weight excluding hydrogens is 352 g/mol. The maximum Gasteiger partial charge on any atom is 0.238 e. The number of hydrogen-bond acceptors (Lipinski definition) is 8. The second-order valence-electron chi connectivity index (χ2n) is 6.61. The molecule has 0 saturated carbocycles. The van der Waals surface area contributed by atoms with Crippen LogP contribution in [0.1, 0.15) is 29.6 Å². The van der Waals surface area contributed by atoms with Gasteiger partial charge in [0.05, 0.1) is 23.6 Å². The van der Waals surface area contributed by atoms with Crippen molar-refractivity contribution in [3.63, 3.8) is 0 Å². The van der Waals surface area contributed by atoms with Crippen LogP contribution in [0.5, 0.6) is 0 Å². The molecule has 1 unspecified atom stereocenters. The minimum atomic E-state index is -0.780. The molecule has 0 amide bonds. The first-order valence-corrected chi connectivity index (χ1v) is 9.29. The molecule has 3 aromatic rings. The molecule has 10 heteroatoms. The van der Waals surface area contributed by atoms with Gasteiger partial charge >= 0.3 is 0 Å². The summed E-state index contributed by atoms with van der Waals surface area (Å²) in [4.78, 5) is 8.75. The lowest BCUT2D eigenvalue weighted by atomic mass is 10.2. The number of nitrogens with zero attached hydrogens (tertiary/aromatic N) is 8. The highest BCUT2D eigenvalue weighted by Gasteiger charge is 2.23. The zero-order valence-electron chi connectivity index (χ0n) is 15.1. The Morgan fingerprint density at radius 2 is 2.15 bits per heavy atom. The van der Waals surface area contributed by atoms with Crippen LogP contribution in [0.15, 0.2) is 18.3 Å². The fourth-order valence-electron chi connectivity index (χ4n) is 3.10. The Labute approximate surface area is 155 Å². The second kappa shape index (κ2) is 6.69. The van der Waals surface area contributed by atoms with Gasteiger partial charge < -0.3 is 14.9 Å². The van der Waals surface area contributed by atoms with E-state index in [-0.39, 0.29) is 0 Å². The fraction of sp³-hybridized carbons (Fsp3) is 0.500. The monoisotopic (exact) mass is 374 g/mol. The predicted octanol–water partition coefficient (Wildman–Crippen LogP) is 1.03. The summed E-state index contributed by atoms with van der Waals surface area (Å²) in [5.74, 6) is 0.732. The van der Waals surface area contributed by atoms with Gasteiger partial charge in [-0.3, -0.25) is 9.36 Å². The Hall–Kier alpha value is -2.46. The Morgan fingerprint density at radius 3 is 2.85 bits per heavy atom. The summed E-state index contributed by atoms with van der Waals surface area (Å²) in [7, 11) is 5.70. The van der Waals surface area contributed by atoms with E-state index >= 15 is 0 Å². The summed E-state index contributed by atoms with van der Waals surface area (Å²) in [6.07, 6.45) is 1.86. The second-order valence-corrected chi connectivity index (χ2v) is 7.34. The molecule has 0 aromatic carbocycles. The number of hydrogen-bond donors (Lipinski definition) is 1. The summed E-state index contributed by atoms with van der Waals surface area (Å²) in [5.41, 5.74) is 2.45. The molecule has 4 rings (SSSR count). The van der Waals surface area contributed by atoms with Crippen molar-refractivity contribution in [2.45, 2.75) is 25.6 Å². The molecule has 138 valence electrons. The van der Waals surface area contributed by atoms with Crippen molar-refractivity contribution in [3.05, 3.63) is 35.4 Å². The number of aryl methyl sites for hydroxylation is 2. The zero-order chi connectivity index (χ0) is 18.3. The topological polar surface area (TPSA) is 88.1 Å². The molecule has 9 nitrogen and oxygen atoms in total.